The van der Waals surface area contributed by atoms with E-state index in [0.717, 1.165) is 10.0 Å². The lowest BCUT2D eigenvalue weighted by atomic mass is 10.1. The topological polar surface area (TPSA) is 45.8 Å². The first-order chi connectivity index (χ1) is 8.06. The van der Waals surface area contributed by atoms with Gasteiger partial charge in [-0.1, -0.05) is 28.1 Å². The molecular formula is C12H10BrFN2O. The minimum absolute atomic E-state index is 0.124. The maximum Gasteiger partial charge on any atom is 0.287 e. The third-order valence-electron chi connectivity index (χ3n) is 2.34. The van der Waals surface area contributed by atoms with Crippen molar-refractivity contribution in [2.45, 2.75) is 13.3 Å². The summed E-state index contributed by atoms with van der Waals surface area (Å²) in [7, 11) is 0. The van der Waals surface area contributed by atoms with Crippen molar-refractivity contribution in [1.29, 1.82) is 0 Å². The minimum Gasteiger partial charge on any atom is -0.308 e. The second kappa shape index (κ2) is 4.79. The van der Waals surface area contributed by atoms with Gasteiger partial charge in [0.2, 0.25) is 5.82 Å². The highest BCUT2D eigenvalue weighted by atomic mass is 79.9. The number of nitrogens with zero attached hydrogens (tertiary/aromatic N) is 1. The Balaban J connectivity index is 2.34. The summed E-state index contributed by atoms with van der Waals surface area (Å²) in [5.74, 6) is -0.352. The Labute approximate surface area is 106 Å². The second-order valence-corrected chi connectivity index (χ2v) is 4.63. The number of nitrogens with one attached hydrogen (secondary N) is 1. The van der Waals surface area contributed by atoms with Crippen LogP contribution in [-0.2, 0) is 6.42 Å². The molecule has 0 aliphatic rings. The number of halogens is 2. The van der Waals surface area contributed by atoms with Crippen LogP contribution in [0.4, 0.5) is 4.39 Å². The van der Waals surface area contributed by atoms with E-state index in [0.29, 0.717) is 12.2 Å². The molecule has 17 heavy (non-hydrogen) atoms. The summed E-state index contributed by atoms with van der Waals surface area (Å²) in [6.45, 7) is 1.48. The normalized spacial score (nSPS) is 10.5. The average molecular weight is 297 g/mol. The largest absolute Gasteiger partial charge is 0.308 e. The molecule has 2 rings (SSSR count). The molecule has 0 fully saturated rings. The molecule has 5 heteroatoms. The molecule has 3 nitrogen and oxygen atoms in total. The minimum atomic E-state index is -0.817. The molecule has 1 aromatic heterocycles. The van der Waals surface area contributed by atoms with Crippen molar-refractivity contribution < 1.29 is 4.39 Å². The van der Waals surface area contributed by atoms with Crippen molar-refractivity contribution in [2.24, 2.45) is 0 Å². The molecule has 0 aliphatic heterocycles. The van der Waals surface area contributed by atoms with Crippen LogP contribution in [0, 0.1) is 12.7 Å². The van der Waals surface area contributed by atoms with E-state index in [9.17, 15) is 9.18 Å². The molecule has 0 aliphatic carbocycles. The van der Waals surface area contributed by atoms with E-state index >= 15 is 0 Å². The van der Waals surface area contributed by atoms with Crippen molar-refractivity contribution >= 4 is 15.9 Å². The maximum absolute atomic E-state index is 13.1. The standard InChI is InChI=1S/C12H10BrFN2O/c1-7-11(14)12(17)16-10(15-7)6-8-3-2-4-9(13)5-8/h2-5H,6H2,1H3,(H,15,16,17). The lowest BCUT2D eigenvalue weighted by Gasteiger charge is -2.03. The van der Waals surface area contributed by atoms with Crippen LogP contribution in [-0.4, -0.2) is 9.97 Å². The molecule has 0 atom stereocenters. The van der Waals surface area contributed by atoms with E-state index in [1.165, 1.54) is 6.92 Å². The van der Waals surface area contributed by atoms with Crippen molar-refractivity contribution in [3.8, 4) is 0 Å². The predicted molar refractivity (Wildman–Crippen MR) is 66.5 cm³/mol. The first-order valence-corrected chi connectivity index (χ1v) is 5.85. The molecule has 0 unspecified atom stereocenters. The third-order valence-corrected chi connectivity index (χ3v) is 2.83. The zero-order valence-electron chi connectivity index (χ0n) is 9.13. The van der Waals surface area contributed by atoms with Gasteiger partial charge in [0, 0.05) is 10.9 Å². The summed E-state index contributed by atoms with van der Waals surface area (Å²) >= 11 is 3.36. The molecular weight excluding hydrogens is 287 g/mol. The van der Waals surface area contributed by atoms with Crippen LogP contribution in [0.15, 0.2) is 33.5 Å². The van der Waals surface area contributed by atoms with E-state index < -0.39 is 11.4 Å². The second-order valence-electron chi connectivity index (χ2n) is 3.72. The Morgan fingerprint density at radius 3 is 2.88 bits per heavy atom. The van der Waals surface area contributed by atoms with Gasteiger partial charge in [-0.15, -0.1) is 0 Å². The molecule has 1 aromatic carbocycles. The van der Waals surface area contributed by atoms with E-state index in [-0.39, 0.29) is 5.69 Å². The number of aromatic amines is 1. The van der Waals surface area contributed by atoms with Gasteiger partial charge in [0.25, 0.3) is 5.56 Å². The monoisotopic (exact) mass is 296 g/mol. The summed E-state index contributed by atoms with van der Waals surface area (Å²) < 4.78 is 14.1. The Morgan fingerprint density at radius 2 is 2.24 bits per heavy atom. The molecule has 0 saturated carbocycles. The lowest BCUT2D eigenvalue weighted by Crippen LogP contribution is -2.17. The van der Waals surface area contributed by atoms with Crippen molar-refractivity contribution in [2.75, 3.05) is 0 Å². The molecule has 0 saturated heterocycles. The smallest absolute Gasteiger partial charge is 0.287 e. The van der Waals surface area contributed by atoms with Crippen LogP contribution < -0.4 is 5.56 Å². The number of rotatable bonds is 2. The fourth-order valence-electron chi connectivity index (χ4n) is 1.55. The van der Waals surface area contributed by atoms with Gasteiger partial charge in [0.1, 0.15) is 5.82 Å². The van der Waals surface area contributed by atoms with Gasteiger partial charge in [0.15, 0.2) is 0 Å². The highest BCUT2D eigenvalue weighted by Crippen LogP contribution is 2.13. The lowest BCUT2D eigenvalue weighted by molar-refractivity contribution is 0.583. The fourth-order valence-corrected chi connectivity index (χ4v) is 2.00. The molecule has 0 bridgehead atoms. The first kappa shape index (κ1) is 12.0. The van der Waals surface area contributed by atoms with Crippen LogP contribution in [0.1, 0.15) is 17.1 Å². The van der Waals surface area contributed by atoms with Gasteiger partial charge in [0.05, 0.1) is 5.69 Å². The quantitative estimate of drug-likeness (QED) is 0.926. The Bertz CT molecular complexity index is 610. The van der Waals surface area contributed by atoms with Crippen molar-refractivity contribution in [3.63, 3.8) is 0 Å². The van der Waals surface area contributed by atoms with E-state index in [1.807, 2.05) is 24.3 Å². The van der Waals surface area contributed by atoms with E-state index in [2.05, 4.69) is 25.9 Å². The predicted octanol–water partition coefficient (Wildman–Crippen LogP) is 2.57. The number of aromatic nitrogens is 2. The zero-order valence-corrected chi connectivity index (χ0v) is 10.7. The van der Waals surface area contributed by atoms with Crippen molar-refractivity contribution in [1.82, 2.24) is 9.97 Å². The summed E-state index contributed by atoms with van der Waals surface area (Å²) in [6, 6.07) is 7.66. The Morgan fingerprint density at radius 1 is 1.47 bits per heavy atom. The number of aryl methyl sites for hydroxylation is 1. The first-order valence-electron chi connectivity index (χ1n) is 5.06. The molecule has 88 valence electrons. The number of H-pyrrole nitrogens is 1. The Hall–Kier alpha value is -1.49. The maximum atomic E-state index is 13.1. The molecule has 0 spiro atoms. The number of hydrogen-bond donors (Lipinski definition) is 1. The fraction of sp³-hybridized carbons (Fsp3) is 0.167. The summed E-state index contributed by atoms with van der Waals surface area (Å²) in [5, 5.41) is 0. The molecule has 0 radical (unpaired) electrons. The summed E-state index contributed by atoms with van der Waals surface area (Å²) in [4.78, 5) is 17.7. The number of hydrogen-bond acceptors (Lipinski definition) is 2. The summed E-state index contributed by atoms with van der Waals surface area (Å²) in [6.07, 6.45) is 0.468. The van der Waals surface area contributed by atoms with E-state index in [1.54, 1.807) is 0 Å². The Kier molecular flexibility index (Phi) is 3.38. The van der Waals surface area contributed by atoms with Gasteiger partial charge < -0.3 is 4.98 Å². The van der Waals surface area contributed by atoms with Gasteiger partial charge >= 0.3 is 0 Å². The zero-order chi connectivity index (χ0) is 12.4. The van der Waals surface area contributed by atoms with Crippen molar-refractivity contribution in [3.05, 3.63) is 62.0 Å². The van der Waals surface area contributed by atoms with Gasteiger partial charge in [-0.2, -0.15) is 4.39 Å². The highest BCUT2D eigenvalue weighted by molar-refractivity contribution is 9.10. The molecule has 1 N–H and O–H groups in total. The van der Waals surface area contributed by atoms with Gasteiger partial charge in [-0.3, -0.25) is 4.79 Å². The third kappa shape index (κ3) is 2.79. The van der Waals surface area contributed by atoms with Crippen LogP contribution in [0.2, 0.25) is 0 Å². The molecule has 2 aromatic rings. The van der Waals surface area contributed by atoms with Crippen LogP contribution in [0.3, 0.4) is 0 Å². The highest BCUT2D eigenvalue weighted by Gasteiger charge is 2.07. The van der Waals surface area contributed by atoms with Crippen LogP contribution >= 0.6 is 15.9 Å². The molecule has 1 heterocycles. The van der Waals surface area contributed by atoms with Crippen LogP contribution in [0.5, 0.6) is 0 Å². The van der Waals surface area contributed by atoms with Crippen LogP contribution in [0.25, 0.3) is 0 Å². The summed E-state index contributed by atoms with van der Waals surface area (Å²) in [5.41, 5.74) is 0.398. The average Bonchev–Trinajstić information content (AvgIpc) is 2.26. The number of benzene rings is 1. The SMILES string of the molecule is Cc1nc(Cc2cccc(Br)c2)[nH]c(=O)c1F. The molecule has 0 amide bonds. The van der Waals surface area contributed by atoms with Gasteiger partial charge in [-0.05, 0) is 24.6 Å². The van der Waals surface area contributed by atoms with Gasteiger partial charge in [-0.25, -0.2) is 4.98 Å². The van der Waals surface area contributed by atoms with E-state index in [4.69, 9.17) is 0 Å².